The van der Waals surface area contributed by atoms with Crippen molar-refractivity contribution in [2.75, 3.05) is 0 Å². The fourth-order valence-corrected chi connectivity index (χ4v) is 6.92. The van der Waals surface area contributed by atoms with Gasteiger partial charge in [0, 0.05) is 5.56 Å². The molecule has 0 bridgehead atoms. The number of benzene rings is 4. The molecule has 0 atom stereocenters. The van der Waals surface area contributed by atoms with Crippen LogP contribution in [0.15, 0.2) is 91.0 Å². The van der Waals surface area contributed by atoms with Crippen LogP contribution in [0.2, 0.25) is 10.0 Å². The van der Waals surface area contributed by atoms with Crippen molar-refractivity contribution in [2.45, 2.75) is 26.7 Å². The average Bonchev–Trinajstić information content (AvgIpc) is 2.78. The van der Waals surface area contributed by atoms with Crippen LogP contribution in [-0.4, -0.2) is 0 Å². The Hall–Kier alpha value is -2.11. The quantitative estimate of drug-likeness (QED) is 0.265. The van der Waals surface area contributed by atoms with E-state index in [-0.39, 0.29) is 0 Å². The molecule has 4 aromatic carbocycles. The predicted molar refractivity (Wildman–Crippen MR) is 139 cm³/mol. The second-order valence-electron chi connectivity index (χ2n) is 8.01. The van der Waals surface area contributed by atoms with Crippen LogP contribution in [0.3, 0.4) is 0 Å². The monoisotopic (exact) mass is 462 g/mol. The summed E-state index contributed by atoms with van der Waals surface area (Å²) in [4.78, 5) is 0. The Kier molecular flexibility index (Phi) is 6.83. The van der Waals surface area contributed by atoms with Gasteiger partial charge in [-0.05, 0) is 53.9 Å². The molecule has 0 heterocycles. The number of rotatable bonds is 5. The van der Waals surface area contributed by atoms with Crippen molar-refractivity contribution < 1.29 is 0 Å². The van der Waals surface area contributed by atoms with E-state index in [0.29, 0.717) is 16.0 Å². The molecule has 0 aliphatic rings. The highest BCUT2D eigenvalue weighted by molar-refractivity contribution is 7.80. The molecule has 0 spiro atoms. The van der Waals surface area contributed by atoms with Gasteiger partial charge >= 0.3 is 0 Å². The molecule has 0 aromatic heterocycles. The van der Waals surface area contributed by atoms with E-state index in [4.69, 9.17) is 23.2 Å². The molecule has 0 fully saturated rings. The van der Waals surface area contributed by atoms with Gasteiger partial charge in [-0.2, -0.15) is 0 Å². The Morgan fingerprint density at radius 1 is 0.710 bits per heavy atom. The molecule has 156 valence electrons. The van der Waals surface area contributed by atoms with E-state index in [0.717, 1.165) is 5.56 Å². The van der Waals surface area contributed by atoms with Gasteiger partial charge in [0.2, 0.25) is 0 Å². The van der Waals surface area contributed by atoms with Crippen LogP contribution in [0.25, 0.3) is 11.1 Å². The summed E-state index contributed by atoms with van der Waals surface area (Å²) in [5.74, 6) is 0.373. The lowest BCUT2D eigenvalue weighted by molar-refractivity contribution is 0.867. The molecule has 0 radical (unpaired) electrons. The van der Waals surface area contributed by atoms with Crippen LogP contribution < -0.4 is 15.9 Å². The maximum Gasteiger partial charge on any atom is 0.0677 e. The fourth-order valence-electron chi connectivity index (χ4n) is 3.95. The summed E-state index contributed by atoms with van der Waals surface area (Å²) in [6.45, 7) is 6.60. The molecular formula is C28H25Cl2P. The van der Waals surface area contributed by atoms with Gasteiger partial charge in [-0.1, -0.05) is 128 Å². The van der Waals surface area contributed by atoms with Crippen molar-refractivity contribution in [3.8, 4) is 11.1 Å². The maximum atomic E-state index is 6.95. The van der Waals surface area contributed by atoms with Crippen molar-refractivity contribution >= 4 is 47.0 Å². The summed E-state index contributed by atoms with van der Waals surface area (Å²) in [5.41, 5.74) is 4.76. The summed E-state index contributed by atoms with van der Waals surface area (Å²) in [6, 6.07) is 32.1. The van der Waals surface area contributed by atoms with E-state index >= 15 is 0 Å². The van der Waals surface area contributed by atoms with Crippen LogP contribution in [0.4, 0.5) is 0 Å². The predicted octanol–water partition coefficient (Wildman–Crippen LogP) is 7.85. The Bertz CT molecular complexity index is 1150. The lowest BCUT2D eigenvalue weighted by atomic mass is 9.91. The van der Waals surface area contributed by atoms with Crippen molar-refractivity contribution in [1.82, 2.24) is 0 Å². The Morgan fingerprint density at radius 3 is 1.84 bits per heavy atom. The lowest BCUT2D eigenvalue weighted by Gasteiger charge is -2.25. The standard InChI is InChI=1S/C28H25Cl2P/c1-19(2)24-18-20(3)14-15-23(24)27-26(17-16-25(29)28(27)30)31(21-10-6-4-7-11-21)22-12-8-5-9-13-22/h4-19H,1-3H3. The first-order chi connectivity index (χ1) is 15.0. The third-order valence-electron chi connectivity index (χ3n) is 5.44. The van der Waals surface area contributed by atoms with Gasteiger partial charge in [0.1, 0.15) is 0 Å². The van der Waals surface area contributed by atoms with Gasteiger partial charge in [-0.3, -0.25) is 0 Å². The second-order valence-corrected chi connectivity index (χ2v) is 11.0. The van der Waals surface area contributed by atoms with Gasteiger partial charge in [-0.15, -0.1) is 0 Å². The van der Waals surface area contributed by atoms with Gasteiger partial charge < -0.3 is 0 Å². The SMILES string of the molecule is Cc1ccc(-c2c(P(c3ccccc3)c3ccccc3)ccc(Cl)c2Cl)c(C(C)C)c1. The molecule has 0 aliphatic carbocycles. The molecule has 0 nitrogen and oxygen atoms in total. The number of halogens is 2. The van der Waals surface area contributed by atoms with Crippen molar-refractivity contribution in [1.29, 1.82) is 0 Å². The molecule has 0 saturated heterocycles. The lowest BCUT2D eigenvalue weighted by Crippen LogP contribution is -2.22. The normalized spacial score (nSPS) is 11.3. The summed E-state index contributed by atoms with van der Waals surface area (Å²) in [7, 11) is -0.801. The van der Waals surface area contributed by atoms with Crippen LogP contribution >= 0.6 is 31.1 Å². The molecule has 0 aliphatic heterocycles. The molecule has 4 rings (SSSR count). The topological polar surface area (TPSA) is 0 Å². The Morgan fingerprint density at radius 2 is 1.29 bits per heavy atom. The third kappa shape index (κ3) is 4.58. The summed E-state index contributed by atoms with van der Waals surface area (Å²) in [5, 5.41) is 5.03. The first-order valence-corrected chi connectivity index (χ1v) is 12.6. The molecule has 0 unspecified atom stereocenters. The summed E-state index contributed by atoms with van der Waals surface area (Å²) < 4.78 is 0. The van der Waals surface area contributed by atoms with E-state index in [1.165, 1.54) is 32.6 Å². The molecule has 0 N–H and O–H groups in total. The summed E-state index contributed by atoms with van der Waals surface area (Å²) in [6.07, 6.45) is 0. The van der Waals surface area contributed by atoms with Gasteiger partial charge in [0.25, 0.3) is 0 Å². The maximum absolute atomic E-state index is 6.95. The summed E-state index contributed by atoms with van der Waals surface area (Å²) >= 11 is 13.5. The van der Waals surface area contributed by atoms with E-state index in [9.17, 15) is 0 Å². The Labute approximate surface area is 196 Å². The smallest absolute Gasteiger partial charge is 0.0677 e. The molecule has 0 saturated carbocycles. The van der Waals surface area contributed by atoms with E-state index < -0.39 is 7.92 Å². The highest BCUT2D eigenvalue weighted by Gasteiger charge is 2.25. The highest BCUT2D eigenvalue weighted by atomic mass is 35.5. The van der Waals surface area contributed by atoms with Crippen molar-refractivity contribution in [3.63, 3.8) is 0 Å². The highest BCUT2D eigenvalue weighted by Crippen LogP contribution is 2.44. The fraction of sp³-hybridized carbons (Fsp3) is 0.143. The zero-order valence-corrected chi connectivity index (χ0v) is 20.3. The average molecular weight is 463 g/mol. The van der Waals surface area contributed by atoms with Gasteiger partial charge in [0.15, 0.2) is 0 Å². The van der Waals surface area contributed by atoms with Crippen LogP contribution in [0, 0.1) is 6.92 Å². The van der Waals surface area contributed by atoms with Gasteiger partial charge in [-0.25, -0.2) is 0 Å². The van der Waals surface area contributed by atoms with Crippen molar-refractivity contribution in [2.24, 2.45) is 0 Å². The van der Waals surface area contributed by atoms with E-state index in [1.807, 2.05) is 6.07 Å². The minimum absolute atomic E-state index is 0.373. The third-order valence-corrected chi connectivity index (χ3v) is 8.73. The molecule has 3 heteroatoms. The first-order valence-electron chi connectivity index (χ1n) is 10.5. The second kappa shape index (κ2) is 9.58. The Balaban J connectivity index is 2.05. The van der Waals surface area contributed by atoms with Crippen LogP contribution in [0.5, 0.6) is 0 Å². The number of hydrogen-bond donors (Lipinski definition) is 0. The minimum Gasteiger partial charge on any atom is -0.0827 e. The largest absolute Gasteiger partial charge is 0.0827 e. The van der Waals surface area contributed by atoms with E-state index in [2.05, 4.69) is 106 Å². The van der Waals surface area contributed by atoms with Crippen molar-refractivity contribution in [3.05, 3.63) is 112 Å². The zero-order valence-electron chi connectivity index (χ0n) is 17.9. The van der Waals surface area contributed by atoms with Crippen LogP contribution in [0.1, 0.15) is 30.9 Å². The zero-order chi connectivity index (χ0) is 22.0. The van der Waals surface area contributed by atoms with Gasteiger partial charge in [0.05, 0.1) is 10.0 Å². The first kappa shape index (κ1) is 22.1. The number of aryl methyl sites for hydroxylation is 1. The molecule has 31 heavy (non-hydrogen) atoms. The van der Waals surface area contributed by atoms with Crippen LogP contribution in [-0.2, 0) is 0 Å². The molecule has 4 aromatic rings. The molecule has 0 amide bonds. The minimum atomic E-state index is -0.801. The number of hydrogen-bond acceptors (Lipinski definition) is 0. The molecular weight excluding hydrogens is 438 g/mol. The van der Waals surface area contributed by atoms with E-state index in [1.54, 1.807) is 0 Å².